The molecule has 0 aliphatic heterocycles. The van der Waals surface area contributed by atoms with Gasteiger partial charge in [0.1, 0.15) is 0 Å². The summed E-state index contributed by atoms with van der Waals surface area (Å²) in [6, 6.07) is 0. The Kier molecular flexibility index (Phi) is 5.64. The molecular formula is C7H10O5. The molecular weight excluding hydrogens is 164 g/mol. The highest BCUT2D eigenvalue weighted by atomic mass is 16.7. The predicted octanol–water partition coefficient (Wildman–Crippen LogP) is 0.164. The number of carbonyl (C=O) groups is 2. The first kappa shape index (κ1) is 10.6. The van der Waals surface area contributed by atoms with Gasteiger partial charge in [0.25, 0.3) is 0 Å². The van der Waals surface area contributed by atoms with E-state index in [1.165, 1.54) is 0 Å². The van der Waals surface area contributed by atoms with Crippen LogP contribution in [-0.2, 0) is 19.1 Å². The normalized spacial score (nSPS) is 10.1. The van der Waals surface area contributed by atoms with Crippen LogP contribution >= 0.6 is 0 Å². The van der Waals surface area contributed by atoms with E-state index in [1.807, 2.05) is 0 Å². The summed E-state index contributed by atoms with van der Waals surface area (Å²) in [6.45, 7) is 2.04. The lowest BCUT2D eigenvalue weighted by atomic mass is 10.5. The standard InChI is InChI=1S/C7H10O5/c1-2-11-5-12-7(10)4-3-6(8)9/h3-4H,2,5H2,1H3,(H,8,9)/b4-3-. The van der Waals surface area contributed by atoms with Crippen molar-refractivity contribution in [3.63, 3.8) is 0 Å². The second-order valence-electron chi connectivity index (χ2n) is 1.75. The topological polar surface area (TPSA) is 72.8 Å². The maximum absolute atomic E-state index is 10.6. The second kappa shape index (κ2) is 6.36. The third-order valence-electron chi connectivity index (χ3n) is 0.851. The van der Waals surface area contributed by atoms with E-state index >= 15 is 0 Å². The molecule has 0 radical (unpaired) electrons. The molecule has 68 valence electrons. The molecule has 0 atom stereocenters. The van der Waals surface area contributed by atoms with Gasteiger partial charge in [0, 0.05) is 18.8 Å². The van der Waals surface area contributed by atoms with E-state index in [2.05, 4.69) is 9.47 Å². The van der Waals surface area contributed by atoms with Gasteiger partial charge in [-0.25, -0.2) is 9.59 Å². The third kappa shape index (κ3) is 6.76. The number of hydrogen-bond acceptors (Lipinski definition) is 4. The zero-order valence-electron chi connectivity index (χ0n) is 6.65. The Hall–Kier alpha value is -1.36. The van der Waals surface area contributed by atoms with Gasteiger partial charge in [0.15, 0.2) is 6.79 Å². The van der Waals surface area contributed by atoms with Gasteiger partial charge in [0.2, 0.25) is 0 Å². The Balaban J connectivity index is 3.53. The van der Waals surface area contributed by atoms with E-state index in [4.69, 9.17) is 5.11 Å². The molecule has 5 heteroatoms. The van der Waals surface area contributed by atoms with Crippen molar-refractivity contribution < 1.29 is 24.2 Å². The minimum absolute atomic E-state index is 0.153. The Morgan fingerprint density at radius 3 is 2.58 bits per heavy atom. The van der Waals surface area contributed by atoms with Crippen molar-refractivity contribution in [3.8, 4) is 0 Å². The summed E-state index contributed by atoms with van der Waals surface area (Å²) in [6.07, 6.45) is 1.52. The van der Waals surface area contributed by atoms with Crippen LogP contribution in [0.1, 0.15) is 6.92 Å². The molecule has 0 spiro atoms. The highest BCUT2D eigenvalue weighted by Crippen LogP contribution is 1.83. The maximum atomic E-state index is 10.6. The molecule has 5 nitrogen and oxygen atoms in total. The highest BCUT2D eigenvalue weighted by molar-refractivity contribution is 5.90. The van der Waals surface area contributed by atoms with Crippen molar-refractivity contribution in [2.24, 2.45) is 0 Å². The molecule has 0 heterocycles. The van der Waals surface area contributed by atoms with E-state index in [0.29, 0.717) is 12.7 Å². The molecule has 0 aromatic heterocycles. The lowest BCUT2D eigenvalue weighted by Crippen LogP contribution is -2.05. The molecule has 0 saturated heterocycles. The first-order chi connectivity index (χ1) is 5.66. The predicted molar refractivity (Wildman–Crippen MR) is 39.4 cm³/mol. The summed E-state index contributed by atoms with van der Waals surface area (Å²) < 4.78 is 9.11. The fraction of sp³-hybridized carbons (Fsp3) is 0.429. The molecule has 0 fully saturated rings. The molecule has 0 bridgehead atoms. The van der Waals surface area contributed by atoms with Gasteiger partial charge in [-0.05, 0) is 6.92 Å². The summed E-state index contributed by atoms with van der Waals surface area (Å²) in [7, 11) is 0. The van der Waals surface area contributed by atoms with Gasteiger partial charge in [0.05, 0.1) is 0 Å². The summed E-state index contributed by atoms with van der Waals surface area (Å²) in [4.78, 5) is 20.5. The van der Waals surface area contributed by atoms with E-state index in [1.54, 1.807) is 6.92 Å². The molecule has 1 N–H and O–H groups in total. The van der Waals surface area contributed by atoms with E-state index in [0.717, 1.165) is 6.08 Å². The van der Waals surface area contributed by atoms with Crippen molar-refractivity contribution in [3.05, 3.63) is 12.2 Å². The SMILES string of the molecule is CCOCOC(=O)/C=C\C(=O)O. The fourth-order valence-electron chi connectivity index (χ4n) is 0.371. The van der Waals surface area contributed by atoms with Gasteiger partial charge < -0.3 is 14.6 Å². The van der Waals surface area contributed by atoms with Crippen LogP contribution in [0.15, 0.2) is 12.2 Å². The van der Waals surface area contributed by atoms with Crippen LogP contribution < -0.4 is 0 Å². The van der Waals surface area contributed by atoms with Crippen LogP contribution in [0.25, 0.3) is 0 Å². The molecule has 0 unspecified atom stereocenters. The first-order valence-corrected chi connectivity index (χ1v) is 3.32. The van der Waals surface area contributed by atoms with Crippen molar-refractivity contribution >= 4 is 11.9 Å². The smallest absolute Gasteiger partial charge is 0.333 e. The van der Waals surface area contributed by atoms with Crippen LogP contribution in [0.2, 0.25) is 0 Å². The first-order valence-electron chi connectivity index (χ1n) is 3.32. The molecule has 0 aliphatic carbocycles. The van der Waals surface area contributed by atoms with Crippen molar-refractivity contribution in [2.75, 3.05) is 13.4 Å². The molecule has 0 aromatic carbocycles. The van der Waals surface area contributed by atoms with Gasteiger partial charge >= 0.3 is 11.9 Å². The largest absolute Gasteiger partial charge is 0.478 e. The fourth-order valence-corrected chi connectivity index (χ4v) is 0.371. The minimum Gasteiger partial charge on any atom is -0.478 e. The molecule has 12 heavy (non-hydrogen) atoms. The zero-order valence-corrected chi connectivity index (χ0v) is 6.65. The lowest BCUT2D eigenvalue weighted by Gasteiger charge is -1.99. The van der Waals surface area contributed by atoms with Gasteiger partial charge in [-0.3, -0.25) is 0 Å². The minimum atomic E-state index is -1.19. The number of hydrogen-bond donors (Lipinski definition) is 1. The van der Waals surface area contributed by atoms with Crippen LogP contribution in [-0.4, -0.2) is 30.4 Å². The summed E-state index contributed by atoms with van der Waals surface area (Å²) in [5, 5.41) is 8.11. The quantitative estimate of drug-likeness (QED) is 0.278. The lowest BCUT2D eigenvalue weighted by molar-refractivity contribution is -0.150. The van der Waals surface area contributed by atoms with E-state index in [-0.39, 0.29) is 6.79 Å². The molecule has 0 aliphatic rings. The monoisotopic (exact) mass is 174 g/mol. The summed E-state index contributed by atoms with van der Waals surface area (Å²) >= 11 is 0. The van der Waals surface area contributed by atoms with Crippen molar-refractivity contribution in [1.82, 2.24) is 0 Å². The highest BCUT2D eigenvalue weighted by Gasteiger charge is 1.96. The van der Waals surface area contributed by atoms with Gasteiger partial charge in [-0.2, -0.15) is 0 Å². The average molecular weight is 174 g/mol. The van der Waals surface area contributed by atoms with Crippen LogP contribution in [0.3, 0.4) is 0 Å². The molecule has 0 saturated carbocycles. The van der Waals surface area contributed by atoms with E-state index < -0.39 is 11.9 Å². The Morgan fingerprint density at radius 1 is 1.42 bits per heavy atom. The summed E-state index contributed by atoms with van der Waals surface area (Å²) in [5.74, 6) is -1.92. The maximum Gasteiger partial charge on any atom is 0.333 e. The number of rotatable bonds is 5. The zero-order chi connectivity index (χ0) is 9.40. The van der Waals surface area contributed by atoms with Crippen LogP contribution in [0, 0.1) is 0 Å². The van der Waals surface area contributed by atoms with Gasteiger partial charge in [-0.15, -0.1) is 0 Å². The number of ether oxygens (including phenoxy) is 2. The van der Waals surface area contributed by atoms with Crippen molar-refractivity contribution in [1.29, 1.82) is 0 Å². The number of aliphatic carboxylic acids is 1. The van der Waals surface area contributed by atoms with Crippen LogP contribution in [0.5, 0.6) is 0 Å². The second-order valence-corrected chi connectivity index (χ2v) is 1.75. The molecule has 0 amide bonds. The third-order valence-corrected chi connectivity index (χ3v) is 0.851. The van der Waals surface area contributed by atoms with Gasteiger partial charge in [-0.1, -0.05) is 0 Å². The Morgan fingerprint density at radius 2 is 2.08 bits per heavy atom. The number of carboxylic acid groups (broad SMARTS) is 1. The molecule has 0 aromatic rings. The average Bonchev–Trinajstić information content (AvgIpc) is 2.01. The number of esters is 1. The Labute approximate surface area is 69.6 Å². The van der Waals surface area contributed by atoms with E-state index in [9.17, 15) is 9.59 Å². The summed E-state index contributed by atoms with van der Waals surface area (Å²) in [5.41, 5.74) is 0. The van der Waals surface area contributed by atoms with Crippen LogP contribution in [0.4, 0.5) is 0 Å². The molecule has 0 rings (SSSR count). The van der Waals surface area contributed by atoms with Crippen molar-refractivity contribution in [2.45, 2.75) is 6.92 Å². The Bertz CT molecular complexity index is 184. The number of carboxylic acids is 1. The number of carbonyl (C=O) groups excluding carboxylic acids is 1.